The number of rotatable bonds is 7. The number of piperidine rings is 1. The molecule has 12 heteroatoms. The highest BCUT2D eigenvalue weighted by Crippen LogP contribution is 2.38. The van der Waals surface area contributed by atoms with Crippen LogP contribution in [0.4, 0.5) is 28.8 Å². The van der Waals surface area contributed by atoms with Crippen LogP contribution in [0.2, 0.25) is 0 Å². The number of sulfonamides is 1. The van der Waals surface area contributed by atoms with Gasteiger partial charge in [0, 0.05) is 38.9 Å². The Morgan fingerprint density at radius 3 is 2.58 bits per heavy atom. The highest BCUT2D eigenvalue weighted by molar-refractivity contribution is 7.89. The molecule has 210 valence electrons. The van der Waals surface area contributed by atoms with Crippen molar-refractivity contribution in [3.05, 3.63) is 72.4 Å². The second-order valence-electron chi connectivity index (χ2n) is 10.0. The molecule has 3 heterocycles. The molecule has 0 bridgehead atoms. The molecule has 1 unspecified atom stereocenters. The van der Waals surface area contributed by atoms with E-state index in [2.05, 4.69) is 22.2 Å². The molecule has 0 aliphatic carbocycles. The van der Waals surface area contributed by atoms with E-state index in [4.69, 9.17) is 4.98 Å². The minimum atomic E-state index is -3.72. The number of carbonyl (C=O) groups excluding carboxylic acids is 1. The molecule has 2 aromatic carbocycles. The second kappa shape index (κ2) is 11.0. The molecule has 40 heavy (non-hydrogen) atoms. The Hall–Kier alpha value is -3.84. The van der Waals surface area contributed by atoms with Gasteiger partial charge < -0.3 is 20.2 Å². The van der Waals surface area contributed by atoms with Crippen molar-refractivity contribution < 1.29 is 18.3 Å². The quantitative estimate of drug-likeness (QED) is 0.293. The van der Waals surface area contributed by atoms with Gasteiger partial charge in [-0.25, -0.2) is 13.4 Å². The van der Waals surface area contributed by atoms with Crippen LogP contribution in [0.25, 0.3) is 0 Å². The monoisotopic (exact) mass is 563 g/mol. The summed E-state index contributed by atoms with van der Waals surface area (Å²) in [6.07, 6.45) is 3.34. The molecule has 3 aromatic rings. The van der Waals surface area contributed by atoms with E-state index in [-0.39, 0.29) is 22.8 Å². The first-order valence-electron chi connectivity index (χ1n) is 13.0. The van der Waals surface area contributed by atoms with Gasteiger partial charge in [-0.15, -0.1) is 0 Å². The number of carbonyl (C=O) groups is 1. The SMILES string of the molecule is C=CC(O)NC1CCN(S(=O)(=O)c2cccc(Nc3ncc4c(n3)N(C)c3ccc(C)cc3C(=O)N4C)c2)CC1. The molecule has 3 N–H and O–H groups in total. The summed E-state index contributed by atoms with van der Waals surface area (Å²) in [6, 6.07) is 12.3. The number of aromatic nitrogens is 2. The molecule has 1 amide bonds. The third-order valence-electron chi connectivity index (χ3n) is 7.29. The van der Waals surface area contributed by atoms with Gasteiger partial charge in [0.2, 0.25) is 16.0 Å². The summed E-state index contributed by atoms with van der Waals surface area (Å²) < 4.78 is 28.3. The van der Waals surface area contributed by atoms with Crippen molar-refractivity contribution in [1.29, 1.82) is 0 Å². The van der Waals surface area contributed by atoms with Crippen molar-refractivity contribution in [2.24, 2.45) is 0 Å². The normalized spacial score (nSPS) is 17.1. The number of aryl methyl sites for hydroxylation is 1. The molecule has 0 spiro atoms. The van der Waals surface area contributed by atoms with Gasteiger partial charge in [0.15, 0.2) is 5.82 Å². The molecule has 2 aliphatic rings. The van der Waals surface area contributed by atoms with Gasteiger partial charge in [-0.05, 0) is 56.2 Å². The van der Waals surface area contributed by atoms with Gasteiger partial charge in [0.1, 0.15) is 11.9 Å². The maximum atomic E-state index is 13.4. The largest absolute Gasteiger partial charge is 0.375 e. The molecule has 1 atom stereocenters. The third kappa shape index (κ3) is 5.30. The van der Waals surface area contributed by atoms with E-state index < -0.39 is 16.3 Å². The predicted octanol–water partition coefficient (Wildman–Crippen LogP) is 3.13. The molecule has 1 fully saturated rings. The van der Waals surface area contributed by atoms with E-state index in [1.54, 1.807) is 37.5 Å². The summed E-state index contributed by atoms with van der Waals surface area (Å²) >= 11 is 0. The van der Waals surface area contributed by atoms with E-state index >= 15 is 0 Å². The zero-order valence-corrected chi connectivity index (χ0v) is 23.5. The van der Waals surface area contributed by atoms with Crippen molar-refractivity contribution >= 4 is 44.8 Å². The number of anilines is 5. The Balaban J connectivity index is 1.36. The Bertz CT molecular complexity index is 1550. The third-order valence-corrected chi connectivity index (χ3v) is 9.18. The number of fused-ring (bicyclic) bond motifs is 2. The average Bonchev–Trinajstić information content (AvgIpc) is 3.02. The Kier molecular flexibility index (Phi) is 7.60. The van der Waals surface area contributed by atoms with Gasteiger partial charge in [0.25, 0.3) is 5.91 Å². The standard InChI is InChI=1S/C28H33N7O4S/c1-5-25(36)30-19-11-13-35(14-12-19)40(38,39)21-8-6-7-20(16-21)31-28-29-17-24-26(32-28)33(3)23-10-9-18(2)15-22(23)27(37)34(24)4/h5-10,15-17,19,25,30,36H,1,11-14H2,2-4H3,(H,29,31,32). The van der Waals surface area contributed by atoms with Crippen LogP contribution in [-0.4, -0.2) is 73.2 Å². The predicted molar refractivity (Wildman–Crippen MR) is 155 cm³/mol. The van der Waals surface area contributed by atoms with E-state index in [0.717, 1.165) is 11.3 Å². The molecule has 1 aromatic heterocycles. The summed E-state index contributed by atoms with van der Waals surface area (Å²) in [5.74, 6) is 0.658. The number of nitrogens with zero attached hydrogens (tertiary/aromatic N) is 5. The molecule has 1 saturated heterocycles. The minimum absolute atomic E-state index is 0.0151. The highest BCUT2D eigenvalue weighted by Gasteiger charge is 2.31. The molecular formula is C28H33N7O4S. The van der Waals surface area contributed by atoms with E-state index in [1.807, 2.05) is 37.1 Å². The van der Waals surface area contributed by atoms with Crippen molar-refractivity contribution in [2.45, 2.75) is 36.9 Å². The van der Waals surface area contributed by atoms with Crippen LogP contribution in [0.1, 0.15) is 28.8 Å². The lowest BCUT2D eigenvalue weighted by atomic mass is 10.1. The number of hydrogen-bond acceptors (Lipinski definition) is 9. The van der Waals surface area contributed by atoms with Crippen LogP contribution in [0.3, 0.4) is 0 Å². The van der Waals surface area contributed by atoms with Crippen LogP contribution in [0.5, 0.6) is 0 Å². The van der Waals surface area contributed by atoms with Crippen LogP contribution in [-0.2, 0) is 10.0 Å². The number of hydrogen-bond donors (Lipinski definition) is 3. The van der Waals surface area contributed by atoms with Crippen LogP contribution in [0, 0.1) is 6.92 Å². The molecule has 2 aliphatic heterocycles. The Labute approximate surface area is 234 Å². The van der Waals surface area contributed by atoms with Crippen molar-refractivity contribution in [3.8, 4) is 0 Å². The lowest BCUT2D eigenvalue weighted by Crippen LogP contribution is -2.47. The number of nitrogens with one attached hydrogen (secondary N) is 2. The summed E-state index contributed by atoms with van der Waals surface area (Å²) in [6.45, 7) is 6.18. The van der Waals surface area contributed by atoms with E-state index in [1.165, 1.54) is 15.3 Å². The average molecular weight is 564 g/mol. The van der Waals surface area contributed by atoms with Gasteiger partial charge in [-0.3, -0.25) is 10.1 Å². The number of benzene rings is 2. The van der Waals surface area contributed by atoms with Crippen molar-refractivity contribution in [2.75, 3.05) is 42.3 Å². The lowest BCUT2D eigenvalue weighted by Gasteiger charge is -2.32. The first-order chi connectivity index (χ1) is 19.1. The summed E-state index contributed by atoms with van der Waals surface area (Å²) in [5.41, 5.74) is 3.37. The topological polar surface area (TPSA) is 131 Å². The van der Waals surface area contributed by atoms with E-state index in [9.17, 15) is 18.3 Å². The fourth-order valence-corrected chi connectivity index (χ4v) is 6.53. The molecule has 0 saturated carbocycles. The molecular weight excluding hydrogens is 530 g/mol. The minimum Gasteiger partial charge on any atom is -0.375 e. The zero-order valence-electron chi connectivity index (χ0n) is 22.7. The Morgan fingerprint density at radius 1 is 1.10 bits per heavy atom. The first-order valence-corrected chi connectivity index (χ1v) is 14.5. The van der Waals surface area contributed by atoms with Crippen LogP contribution in [0.15, 0.2) is 66.2 Å². The maximum absolute atomic E-state index is 13.4. The van der Waals surface area contributed by atoms with Gasteiger partial charge in [0.05, 0.1) is 22.3 Å². The van der Waals surface area contributed by atoms with Gasteiger partial charge in [-0.2, -0.15) is 9.29 Å². The van der Waals surface area contributed by atoms with Crippen LogP contribution >= 0.6 is 0 Å². The smallest absolute Gasteiger partial charge is 0.260 e. The number of aliphatic hydroxyl groups is 1. The molecule has 5 rings (SSSR count). The Morgan fingerprint density at radius 2 is 1.85 bits per heavy atom. The lowest BCUT2D eigenvalue weighted by molar-refractivity contribution is 0.0994. The van der Waals surface area contributed by atoms with Crippen LogP contribution < -0.4 is 20.4 Å². The highest BCUT2D eigenvalue weighted by atomic mass is 32.2. The van der Waals surface area contributed by atoms with Crippen molar-refractivity contribution in [1.82, 2.24) is 19.6 Å². The van der Waals surface area contributed by atoms with Gasteiger partial charge >= 0.3 is 0 Å². The maximum Gasteiger partial charge on any atom is 0.260 e. The fraction of sp³-hybridized carbons (Fsp3) is 0.321. The van der Waals surface area contributed by atoms with E-state index in [0.29, 0.717) is 48.7 Å². The fourth-order valence-electron chi connectivity index (χ4n) is 5.01. The summed E-state index contributed by atoms with van der Waals surface area (Å²) in [7, 11) is -0.183. The van der Waals surface area contributed by atoms with Gasteiger partial charge in [-0.1, -0.05) is 24.3 Å². The second-order valence-corrected chi connectivity index (χ2v) is 12.0. The molecule has 11 nitrogen and oxygen atoms in total. The molecule has 0 radical (unpaired) electrons. The summed E-state index contributed by atoms with van der Waals surface area (Å²) in [5, 5.41) is 15.9. The number of aliphatic hydroxyl groups excluding tert-OH is 1. The summed E-state index contributed by atoms with van der Waals surface area (Å²) in [4.78, 5) is 25.8. The zero-order chi connectivity index (χ0) is 28.6. The van der Waals surface area contributed by atoms with Crippen molar-refractivity contribution in [3.63, 3.8) is 0 Å². The first kappa shape index (κ1) is 27.7. The number of amides is 1.